The topological polar surface area (TPSA) is 15.3 Å². The van der Waals surface area contributed by atoms with E-state index in [1.54, 1.807) is 11.3 Å². The van der Waals surface area contributed by atoms with Gasteiger partial charge in [0.05, 0.1) is 4.34 Å². The highest BCUT2D eigenvalue weighted by Crippen LogP contribution is 2.23. The Kier molecular flexibility index (Phi) is 4.70. The molecule has 1 aliphatic heterocycles. The molecule has 1 aromatic rings. The van der Waals surface area contributed by atoms with Crippen LogP contribution in [-0.4, -0.2) is 36.1 Å². The lowest BCUT2D eigenvalue weighted by atomic mass is 9.93. The Balaban J connectivity index is 1.91. The Morgan fingerprint density at radius 1 is 1.56 bits per heavy atom. The molecule has 1 N–H and O–H groups in total. The summed E-state index contributed by atoms with van der Waals surface area (Å²) in [6.45, 7) is 10.3. The summed E-state index contributed by atoms with van der Waals surface area (Å²) in [5.41, 5.74) is 0.277. The van der Waals surface area contributed by atoms with Crippen molar-refractivity contribution in [3.05, 3.63) is 21.3 Å². The number of hydrogen-bond acceptors (Lipinski definition) is 3. The molecular formula is C14H23ClN2S. The number of hydrogen-bond donors (Lipinski definition) is 1. The molecule has 1 aromatic heterocycles. The first-order valence-corrected chi connectivity index (χ1v) is 7.95. The van der Waals surface area contributed by atoms with Gasteiger partial charge in [0.2, 0.25) is 0 Å². The number of piperazine rings is 1. The van der Waals surface area contributed by atoms with E-state index in [1.807, 2.05) is 6.07 Å². The lowest BCUT2D eigenvalue weighted by Crippen LogP contribution is -2.62. The summed E-state index contributed by atoms with van der Waals surface area (Å²) in [4.78, 5) is 4.00. The maximum Gasteiger partial charge on any atom is 0.0931 e. The molecule has 4 heteroatoms. The minimum absolute atomic E-state index is 0.277. The van der Waals surface area contributed by atoms with E-state index in [1.165, 1.54) is 11.3 Å². The third-order valence-corrected chi connectivity index (χ3v) is 5.35. The zero-order valence-corrected chi connectivity index (χ0v) is 13.1. The van der Waals surface area contributed by atoms with E-state index in [-0.39, 0.29) is 5.54 Å². The quantitative estimate of drug-likeness (QED) is 0.912. The fourth-order valence-electron chi connectivity index (χ4n) is 2.46. The first kappa shape index (κ1) is 14.3. The van der Waals surface area contributed by atoms with Crippen LogP contribution in [0.2, 0.25) is 4.34 Å². The van der Waals surface area contributed by atoms with Gasteiger partial charge in [0.25, 0.3) is 0 Å². The largest absolute Gasteiger partial charge is 0.309 e. The van der Waals surface area contributed by atoms with Crippen LogP contribution in [0.4, 0.5) is 0 Å². The Hall–Kier alpha value is -0.0900. The van der Waals surface area contributed by atoms with Gasteiger partial charge < -0.3 is 5.32 Å². The number of nitrogens with zero attached hydrogens (tertiary/aromatic N) is 1. The molecule has 102 valence electrons. The smallest absolute Gasteiger partial charge is 0.0931 e. The number of halogens is 1. The van der Waals surface area contributed by atoms with Crippen molar-refractivity contribution >= 4 is 22.9 Å². The van der Waals surface area contributed by atoms with Gasteiger partial charge in [-0.25, -0.2) is 0 Å². The molecule has 2 atom stereocenters. The van der Waals surface area contributed by atoms with Crippen molar-refractivity contribution in [1.82, 2.24) is 10.2 Å². The Morgan fingerprint density at radius 3 is 2.94 bits per heavy atom. The zero-order valence-electron chi connectivity index (χ0n) is 11.5. The van der Waals surface area contributed by atoms with Crippen LogP contribution < -0.4 is 5.32 Å². The SMILES string of the molecule is CCC1(C)CN(CCc2ccc(Cl)s2)C(C)CN1. The van der Waals surface area contributed by atoms with E-state index in [0.29, 0.717) is 6.04 Å². The number of rotatable bonds is 4. The summed E-state index contributed by atoms with van der Waals surface area (Å²) in [6.07, 6.45) is 2.29. The molecular weight excluding hydrogens is 264 g/mol. The first-order valence-electron chi connectivity index (χ1n) is 6.76. The minimum atomic E-state index is 0.277. The van der Waals surface area contributed by atoms with Gasteiger partial charge in [-0.3, -0.25) is 4.90 Å². The van der Waals surface area contributed by atoms with Crippen molar-refractivity contribution in [2.75, 3.05) is 19.6 Å². The third kappa shape index (κ3) is 3.47. The molecule has 2 rings (SSSR count). The highest BCUT2D eigenvalue weighted by atomic mass is 35.5. The van der Waals surface area contributed by atoms with Crippen LogP contribution in [0.25, 0.3) is 0 Å². The van der Waals surface area contributed by atoms with Gasteiger partial charge in [0.1, 0.15) is 0 Å². The standard InChI is InChI=1S/C14H23ClN2S/c1-4-14(3)10-17(11(2)9-16-14)8-7-12-5-6-13(15)18-12/h5-6,11,16H,4,7-10H2,1-3H3. The van der Waals surface area contributed by atoms with Crippen molar-refractivity contribution in [3.8, 4) is 0 Å². The molecule has 18 heavy (non-hydrogen) atoms. The van der Waals surface area contributed by atoms with Gasteiger partial charge in [-0.1, -0.05) is 18.5 Å². The third-order valence-electron chi connectivity index (χ3n) is 4.05. The van der Waals surface area contributed by atoms with Crippen molar-refractivity contribution < 1.29 is 0 Å². The van der Waals surface area contributed by atoms with E-state index in [2.05, 4.69) is 37.1 Å². The van der Waals surface area contributed by atoms with Crippen molar-refractivity contribution in [3.63, 3.8) is 0 Å². The summed E-state index contributed by atoms with van der Waals surface area (Å²) >= 11 is 7.68. The molecule has 0 amide bonds. The van der Waals surface area contributed by atoms with Crippen LogP contribution in [0.15, 0.2) is 12.1 Å². The van der Waals surface area contributed by atoms with Gasteiger partial charge in [-0.15, -0.1) is 11.3 Å². The van der Waals surface area contributed by atoms with Gasteiger partial charge >= 0.3 is 0 Å². The summed E-state index contributed by atoms with van der Waals surface area (Å²) in [7, 11) is 0. The van der Waals surface area contributed by atoms with Crippen molar-refractivity contribution in [1.29, 1.82) is 0 Å². The second kappa shape index (κ2) is 5.91. The predicted octanol–water partition coefficient (Wildman–Crippen LogP) is 3.41. The summed E-state index contributed by atoms with van der Waals surface area (Å²) in [5, 5.41) is 3.67. The van der Waals surface area contributed by atoms with Crippen molar-refractivity contribution in [2.24, 2.45) is 0 Å². The lowest BCUT2D eigenvalue weighted by Gasteiger charge is -2.45. The van der Waals surface area contributed by atoms with E-state index in [0.717, 1.165) is 30.4 Å². The average Bonchev–Trinajstić information content (AvgIpc) is 2.77. The van der Waals surface area contributed by atoms with Crippen LogP contribution in [0, 0.1) is 0 Å². The molecule has 1 saturated heterocycles. The minimum Gasteiger partial charge on any atom is -0.309 e. The molecule has 2 nitrogen and oxygen atoms in total. The molecule has 0 spiro atoms. The Labute approximate surface area is 119 Å². The molecule has 0 bridgehead atoms. The van der Waals surface area contributed by atoms with Gasteiger partial charge in [0.15, 0.2) is 0 Å². The molecule has 0 radical (unpaired) electrons. The van der Waals surface area contributed by atoms with Crippen LogP contribution >= 0.6 is 22.9 Å². The lowest BCUT2D eigenvalue weighted by molar-refractivity contribution is 0.0946. The van der Waals surface area contributed by atoms with E-state index < -0.39 is 0 Å². The van der Waals surface area contributed by atoms with Crippen LogP contribution in [-0.2, 0) is 6.42 Å². The Morgan fingerprint density at radius 2 is 2.33 bits per heavy atom. The monoisotopic (exact) mass is 286 g/mol. The fourth-order valence-corrected chi connectivity index (χ4v) is 3.54. The van der Waals surface area contributed by atoms with Crippen LogP contribution in [0.3, 0.4) is 0 Å². The zero-order chi connectivity index (χ0) is 13.2. The molecule has 2 unspecified atom stereocenters. The number of nitrogens with one attached hydrogen (secondary N) is 1. The maximum absolute atomic E-state index is 5.97. The van der Waals surface area contributed by atoms with Gasteiger partial charge in [0, 0.05) is 36.1 Å². The molecule has 1 fully saturated rings. The van der Waals surface area contributed by atoms with E-state index in [9.17, 15) is 0 Å². The summed E-state index contributed by atoms with van der Waals surface area (Å²) in [6, 6.07) is 4.78. The Bertz CT molecular complexity index is 393. The van der Waals surface area contributed by atoms with E-state index >= 15 is 0 Å². The average molecular weight is 287 g/mol. The maximum atomic E-state index is 5.97. The molecule has 0 saturated carbocycles. The second-order valence-corrected chi connectivity index (χ2v) is 7.37. The fraction of sp³-hybridized carbons (Fsp3) is 0.714. The van der Waals surface area contributed by atoms with Gasteiger partial charge in [-0.05, 0) is 38.8 Å². The normalized spacial score (nSPS) is 29.7. The molecule has 1 aliphatic rings. The van der Waals surface area contributed by atoms with Gasteiger partial charge in [-0.2, -0.15) is 0 Å². The predicted molar refractivity (Wildman–Crippen MR) is 80.8 cm³/mol. The molecule has 0 aliphatic carbocycles. The van der Waals surface area contributed by atoms with Crippen molar-refractivity contribution in [2.45, 2.75) is 45.2 Å². The number of thiophene rings is 1. The summed E-state index contributed by atoms with van der Waals surface area (Å²) in [5.74, 6) is 0. The van der Waals surface area contributed by atoms with E-state index in [4.69, 9.17) is 11.6 Å². The molecule has 0 aromatic carbocycles. The highest BCUT2D eigenvalue weighted by Gasteiger charge is 2.32. The van der Waals surface area contributed by atoms with Crippen LogP contribution in [0.5, 0.6) is 0 Å². The highest BCUT2D eigenvalue weighted by molar-refractivity contribution is 7.16. The molecule has 2 heterocycles. The first-order chi connectivity index (χ1) is 8.52. The summed E-state index contributed by atoms with van der Waals surface area (Å²) < 4.78 is 0.900. The second-order valence-electron chi connectivity index (χ2n) is 5.57. The van der Waals surface area contributed by atoms with Crippen LogP contribution in [0.1, 0.15) is 32.1 Å².